The third kappa shape index (κ3) is 2.90. The second-order valence-corrected chi connectivity index (χ2v) is 9.00. The Kier molecular flexibility index (Phi) is 4.74. The summed E-state index contributed by atoms with van der Waals surface area (Å²) in [5, 5.41) is 17.8. The van der Waals surface area contributed by atoms with Crippen LogP contribution in [0.5, 0.6) is 0 Å². The molecular formula is C27H26N4O. The van der Waals surface area contributed by atoms with Gasteiger partial charge in [-0.05, 0) is 42.0 Å². The molecule has 1 heterocycles. The molecule has 0 bridgehead atoms. The number of ketones is 1. The number of fused-ring (bicyclic) bond motifs is 3. The third-order valence-corrected chi connectivity index (χ3v) is 7.27. The monoisotopic (exact) mass is 422 g/mol. The molecule has 160 valence electrons. The van der Waals surface area contributed by atoms with Crippen molar-refractivity contribution in [1.82, 2.24) is 9.78 Å². The second-order valence-electron chi connectivity index (χ2n) is 9.00. The van der Waals surface area contributed by atoms with Crippen LogP contribution in [-0.4, -0.2) is 22.6 Å². The molecule has 2 aliphatic carbocycles. The number of aromatic nitrogens is 2. The molecule has 5 nitrogen and oxygen atoms in total. The highest BCUT2D eigenvalue weighted by Gasteiger charge is 2.50. The van der Waals surface area contributed by atoms with Crippen molar-refractivity contribution in [2.75, 3.05) is 12.4 Å². The normalized spacial score (nSPS) is 24.2. The van der Waals surface area contributed by atoms with Crippen LogP contribution in [0.15, 0.2) is 66.2 Å². The molecule has 3 aromatic rings. The van der Waals surface area contributed by atoms with Crippen LogP contribution in [-0.2, 0) is 16.6 Å². The summed E-state index contributed by atoms with van der Waals surface area (Å²) in [5.41, 5.74) is 5.38. The van der Waals surface area contributed by atoms with E-state index in [0.29, 0.717) is 0 Å². The van der Waals surface area contributed by atoms with Gasteiger partial charge in [-0.3, -0.25) is 4.79 Å². The lowest BCUT2D eigenvalue weighted by Gasteiger charge is -2.45. The Labute approximate surface area is 188 Å². The van der Waals surface area contributed by atoms with Crippen LogP contribution in [0.1, 0.15) is 31.5 Å². The van der Waals surface area contributed by atoms with E-state index in [-0.39, 0.29) is 23.2 Å². The zero-order chi connectivity index (χ0) is 22.5. The van der Waals surface area contributed by atoms with E-state index < -0.39 is 5.41 Å². The minimum atomic E-state index is -0.438. The summed E-state index contributed by atoms with van der Waals surface area (Å²) in [6.45, 7) is 4.13. The molecule has 5 rings (SSSR count). The third-order valence-electron chi connectivity index (χ3n) is 7.27. The van der Waals surface area contributed by atoms with Crippen LogP contribution >= 0.6 is 0 Å². The van der Waals surface area contributed by atoms with E-state index in [2.05, 4.69) is 54.7 Å². The standard InChI is InChI=1S/C27H26N4O/c1-17-23-14-13-22-25(27(23,2)15-20(16-28)24(17)32)31(30-26(22)29-3)21-11-9-19(10-12-21)18-7-5-4-6-8-18/h4-12,15,17,23H,13-14H2,1-3H3,(H,29,30)/t17-,23-,27-/m1/s1. The van der Waals surface area contributed by atoms with E-state index in [1.165, 1.54) is 11.1 Å². The summed E-state index contributed by atoms with van der Waals surface area (Å²) in [7, 11) is 1.89. The Morgan fingerprint density at radius 1 is 1.12 bits per heavy atom. The van der Waals surface area contributed by atoms with Crippen LogP contribution in [0, 0.1) is 23.2 Å². The van der Waals surface area contributed by atoms with Gasteiger partial charge in [-0.25, -0.2) is 4.68 Å². The van der Waals surface area contributed by atoms with Gasteiger partial charge < -0.3 is 5.32 Å². The first kappa shape index (κ1) is 20.3. The van der Waals surface area contributed by atoms with Crippen LogP contribution < -0.4 is 5.32 Å². The second kappa shape index (κ2) is 7.49. The number of anilines is 1. The van der Waals surface area contributed by atoms with Crippen molar-refractivity contribution in [3.8, 4) is 22.9 Å². The fourth-order valence-corrected chi connectivity index (χ4v) is 5.66. The number of nitrogens with one attached hydrogen (secondary N) is 1. The number of allylic oxidation sites excluding steroid dienone is 2. The molecule has 0 aliphatic heterocycles. The summed E-state index contributed by atoms with van der Waals surface area (Å²) < 4.78 is 2.01. The number of Topliss-reactive ketones (excluding diaryl/α,β-unsaturated/α-hetero) is 1. The fraction of sp³-hybridized carbons (Fsp3) is 0.296. The van der Waals surface area contributed by atoms with Gasteiger partial charge in [-0.2, -0.15) is 5.26 Å². The summed E-state index contributed by atoms with van der Waals surface area (Å²) in [6.07, 6.45) is 3.66. The zero-order valence-electron chi connectivity index (χ0n) is 18.6. The number of carbonyl (C=O) groups is 1. The summed E-state index contributed by atoms with van der Waals surface area (Å²) >= 11 is 0. The van der Waals surface area contributed by atoms with E-state index >= 15 is 0 Å². The van der Waals surface area contributed by atoms with Gasteiger partial charge in [-0.1, -0.05) is 62.4 Å². The maximum atomic E-state index is 12.7. The van der Waals surface area contributed by atoms with Gasteiger partial charge in [0.25, 0.3) is 0 Å². The van der Waals surface area contributed by atoms with Crippen molar-refractivity contribution in [3.63, 3.8) is 0 Å². The van der Waals surface area contributed by atoms with Crippen LogP contribution in [0.3, 0.4) is 0 Å². The predicted molar refractivity (Wildman–Crippen MR) is 126 cm³/mol. The Morgan fingerprint density at radius 2 is 1.81 bits per heavy atom. The van der Waals surface area contributed by atoms with E-state index in [1.54, 1.807) is 0 Å². The molecule has 2 aliphatic rings. The molecule has 0 unspecified atom stereocenters. The lowest BCUT2D eigenvalue weighted by Crippen LogP contribution is -2.46. The van der Waals surface area contributed by atoms with E-state index in [4.69, 9.17) is 5.10 Å². The molecule has 0 saturated carbocycles. The highest BCUT2D eigenvalue weighted by atomic mass is 16.1. The molecule has 0 radical (unpaired) electrons. The first-order valence-electron chi connectivity index (χ1n) is 11.1. The molecule has 5 heteroatoms. The van der Waals surface area contributed by atoms with Crippen molar-refractivity contribution in [1.29, 1.82) is 5.26 Å². The molecular weight excluding hydrogens is 396 g/mol. The number of hydrogen-bond donors (Lipinski definition) is 1. The molecule has 1 N–H and O–H groups in total. The maximum Gasteiger partial charge on any atom is 0.176 e. The van der Waals surface area contributed by atoms with Crippen molar-refractivity contribution in [2.24, 2.45) is 11.8 Å². The number of hydrogen-bond acceptors (Lipinski definition) is 4. The van der Waals surface area contributed by atoms with Gasteiger partial charge in [0.1, 0.15) is 6.07 Å². The lowest BCUT2D eigenvalue weighted by atomic mass is 9.58. The highest BCUT2D eigenvalue weighted by molar-refractivity contribution is 6.02. The number of nitrogens with zero attached hydrogens (tertiary/aromatic N) is 3. The number of nitriles is 1. The summed E-state index contributed by atoms with van der Waals surface area (Å²) in [6, 6.07) is 20.9. The van der Waals surface area contributed by atoms with Gasteiger partial charge in [0.15, 0.2) is 11.6 Å². The number of benzene rings is 2. The van der Waals surface area contributed by atoms with Crippen LogP contribution in [0.25, 0.3) is 16.8 Å². The Morgan fingerprint density at radius 3 is 2.47 bits per heavy atom. The Balaban J connectivity index is 1.67. The van der Waals surface area contributed by atoms with Gasteiger partial charge in [0.2, 0.25) is 0 Å². The van der Waals surface area contributed by atoms with Gasteiger partial charge in [0.05, 0.1) is 17.0 Å². The highest BCUT2D eigenvalue weighted by Crippen LogP contribution is 2.51. The van der Waals surface area contributed by atoms with Gasteiger partial charge >= 0.3 is 0 Å². The molecule has 0 spiro atoms. The smallest absolute Gasteiger partial charge is 0.176 e. The predicted octanol–water partition coefficient (Wildman–Crippen LogP) is 5.07. The average molecular weight is 423 g/mol. The molecule has 3 atom stereocenters. The molecule has 2 aromatic carbocycles. The Hall–Kier alpha value is -3.65. The van der Waals surface area contributed by atoms with Crippen LogP contribution in [0.4, 0.5) is 5.82 Å². The van der Waals surface area contributed by atoms with Crippen molar-refractivity contribution >= 4 is 11.6 Å². The summed E-state index contributed by atoms with van der Waals surface area (Å²) in [4.78, 5) is 12.7. The van der Waals surface area contributed by atoms with Crippen LogP contribution in [0.2, 0.25) is 0 Å². The molecule has 1 aromatic heterocycles. The first-order valence-corrected chi connectivity index (χ1v) is 11.1. The Bertz CT molecular complexity index is 1260. The minimum Gasteiger partial charge on any atom is -0.371 e. The summed E-state index contributed by atoms with van der Waals surface area (Å²) in [5.74, 6) is 0.784. The fourth-order valence-electron chi connectivity index (χ4n) is 5.66. The van der Waals surface area contributed by atoms with Crippen molar-refractivity contribution < 1.29 is 4.79 Å². The van der Waals surface area contributed by atoms with Gasteiger partial charge in [0, 0.05) is 23.9 Å². The maximum absolute atomic E-state index is 12.7. The zero-order valence-corrected chi connectivity index (χ0v) is 18.6. The average Bonchev–Trinajstić information content (AvgIpc) is 3.22. The van der Waals surface area contributed by atoms with Gasteiger partial charge in [-0.15, -0.1) is 5.10 Å². The molecule has 0 fully saturated rings. The molecule has 0 amide bonds. The van der Waals surface area contributed by atoms with E-state index in [0.717, 1.165) is 35.6 Å². The molecule has 32 heavy (non-hydrogen) atoms. The minimum absolute atomic E-state index is 0.0365. The number of rotatable bonds is 3. The molecule has 0 saturated heterocycles. The van der Waals surface area contributed by atoms with E-state index in [1.807, 2.05) is 42.9 Å². The first-order chi connectivity index (χ1) is 15.5. The number of carbonyl (C=O) groups excluding carboxylic acids is 1. The largest absolute Gasteiger partial charge is 0.371 e. The van der Waals surface area contributed by atoms with Crippen molar-refractivity contribution in [2.45, 2.75) is 32.1 Å². The topological polar surface area (TPSA) is 70.7 Å². The lowest BCUT2D eigenvalue weighted by molar-refractivity contribution is -0.121. The van der Waals surface area contributed by atoms with Crippen molar-refractivity contribution in [3.05, 3.63) is 77.5 Å². The quantitative estimate of drug-likeness (QED) is 0.640. The SMILES string of the molecule is CNc1nn(-c2ccc(-c3ccccc3)cc2)c2c1CC[C@@H]1[C@@H](C)C(=O)C(C#N)=C[C@@]21C. The van der Waals surface area contributed by atoms with E-state index in [9.17, 15) is 10.1 Å².